The van der Waals surface area contributed by atoms with Gasteiger partial charge in [0.2, 0.25) is 0 Å². The summed E-state index contributed by atoms with van der Waals surface area (Å²) in [6.45, 7) is 1.78. The molecule has 2 aromatic rings. The molecular formula is C16H19N3O4. The molecule has 0 spiro atoms. The highest BCUT2D eigenvalue weighted by Crippen LogP contribution is 2.20. The predicted octanol–water partition coefficient (Wildman–Crippen LogP) is 0.661. The maximum atomic E-state index is 10.7. The van der Waals surface area contributed by atoms with Gasteiger partial charge in [-0.05, 0) is 17.7 Å². The number of β-amino-alcohol motifs (C(OH)–C–C–N with tert-alkyl or cyclic N) is 1. The van der Waals surface area contributed by atoms with Crippen LogP contribution in [0.25, 0.3) is 0 Å². The Morgan fingerprint density at radius 2 is 2.13 bits per heavy atom. The van der Waals surface area contributed by atoms with Gasteiger partial charge in [-0.3, -0.25) is 9.69 Å². The molecule has 2 atom stereocenters. The zero-order valence-electron chi connectivity index (χ0n) is 12.6. The van der Waals surface area contributed by atoms with E-state index in [0.717, 1.165) is 11.4 Å². The number of nitrogens with one attached hydrogen (secondary N) is 1. The summed E-state index contributed by atoms with van der Waals surface area (Å²) in [6.07, 6.45) is 2.59. The fraction of sp³-hybridized carbons (Fsp3) is 0.375. The Kier molecular flexibility index (Phi) is 4.59. The molecule has 7 nitrogen and oxygen atoms in total. The van der Waals surface area contributed by atoms with Gasteiger partial charge in [0.1, 0.15) is 23.8 Å². The van der Waals surface area contributed by atoms with Crippen LogP contribution in [-0.4, -0.2) is 56.3 Å². The maximum Gasteiger partial charge on any atom is 0.307 e. The summed E-state index contributed by atoms with van der Waals surface area (Å²) in [7, 11) is 0. The smallest absolute Gasteiger partial charge is 0.307 e. The number of H-pyrrole nitrogens is 1. The van der Waals surface area contributed by atoms with Gasteiger partial charge in [0, 0.05) is 25.5 Å². The van der Waals surface area contributed by atoms with E-state index in [4.69, 9.17) is 9.84 Å². The van der Waals surface area contributed by atoms with Crippen molar-refractivity contribution < 1.29 is 19.7 Å². The van der Waals surface area contributed by atoms with E-state index in [1.807, 2.05) is 0 Å². The van der Waals surface area contributed by atoms with Crippen LogP contribution in [-0.2, 0) is 17.8 Å². The molecule has 1 fully saturated rings. The van der Waals surface area contributed by atoms with Gasteiger partial charge in [-0.25, -0.2) is 4.98 Å². The Balaban J connectivity index is 1.56. The molecule has 0 aliphatic carbocycles. The van der Waals surface area contributed by atoms with E-state index < -0.39 is 12.1 Å². The van der Waals surface area contributed by atoms with E-state index in [-0.39, 0.29) is 12.5 Å². The second kappa shape index (κ2) is 6.80. The first kappa shape index (κ1) is 15.5. The number of carbonyl (C=O) groups is 1. The van der Waals surface area contributed by atoms with Crippen LogP contribution in [0.5, 0.6) is 5.75 Å². The number of carboxylic acids is 1. The highest BCUT2D eigenvalue weighted by Gasteiger charge is 2.33. The molecule has 1 aromatic heterocycles. The van der Waals surface area contributed by atoms with E-state index in [0.29, 0.717) is 25.4 Å². The third kappa shape index (κ3) is 4.08. The number of aliphatic hydroxyl groups is 1. The Labute approximate surface area is 133 Å². The van der Waals surface area contributed by atoms with Gasteiger partial charge >= 0.3 is 5.97 Å². The average Bonchev–Trinajstić information content (AvgIpc) is 3.12. The van der Waals surface area contributed by atoms with E-state index in [2.05, 4.69) is 14.9 Å². The van der Waals surface area contributed by atoms with Crippen LogP contribution in [0.3, 0.4) is 0 Å². The first-order valence-corrected chi connectivity index (χ1v) is 7.46. The Morgan fingerprint density at radius 3 is 2.78 bits per heavy atom. The van der Waals surface area contributed by atoms with Crippen LogP contribution in [0.2, 0.25) is 0 Å². The monoisotopic (exact) mass is 317 g/mol. The molecule has 0 amide bonds. The van der Waals surface area contributed by atoms with E-state index in [9.17, 15) is 9.90 Å². The lowest BCUT2D eigenvalue weighted by atomic mass is 10.1. The summed E-state index contributed by atoms with van der Waals surface area (Å²) < 4.78 is 5.83. The van der Waals surface area contributed by atoms with Crippen molar-refractivity contribution in [3.63, 3.8) is 0 Å². The van der Waals surface area contributed by atoms with Gasteiger partial charge in [-0.1, -0.05) is 12.1 Å². The minimum Gasteiger partial charge on any atom is -0.486 e. The number of likely N-dealkylation sites (tertiary alicyclic amines) is 1. The highest BCUT2D eigenvalue weighted by molar-refractivity contribution is 5.70. The van der Waals surface area contributed by atoms with E-state index in [1.165, 1.54) is 0 Å². The maximum absolute atomic E-state index is 10.7. The van der Waals surface area contributed by atoms with Crippen molar-refractivity contribution in [2.24, 2.45) is 0 Å². The number of rotatable bonds is 6. The highest BCUT2D eigenvalue weighted by atomic mass is 16.5. The number of hydrogen-bond acceptors (Lipinski definition) is 5. The number of imidazole rings is 1. The van der Waals surface area contributed by atoms with E-state index >= 15 is 0 Å². The molecular weight excluding hydrogens is 298 g/mol. The van der Waals surface area contributed by atoms with Crippen molar-refractivity contribution >= 4 is 5.97 Å². The van der Waals surface area contributed by atoms with Gasteiger partial charge in [-0.15, -0.1) is 0 Å². The number of carboxylic acid groups (broad SMARTS) is 1. The summed E-state index contributed by atoms with van der Waals surface area (Å²) in [5.41, 5.74) is 0.719. The summed E-state index contributed by atoms with van der Waals surface area (Å²) in [6, 6.07) is 6.93. The van der Waals surface area contributed by atoms with Crippen molar-refractivity contribution in [2.45, 2.75) is 25.2 Å². The number of benzene rings is 1. The molecule has 1 aromatic carbocycles. The lowest BCUT2D eigenvalue weighted by Crippen LogP contribution is -2.29. The molecule has 7 heteroatoms. The van der Waals surface area contributed by atoms with Crippen molar-refractivity contribution in [3.05, 3.63) is 48.0 Å². The molecule has 2 heterocycles. The molecule has 0 radical (unpaired) electrons. The molecule has 0 bridgehead atoms. The number of aromatic amines is 1. The predicted molar refractivity (Wildman–Crippen MR) is 82.1 cm³/mol. The molecule has 0 unspecified atom stereocenters. The second-order valence-electron chi connectivity index (χ2n) is 5.67. The van der Waals surface area contributed by atoms with Gasteiger partial charge < -0.3 is 19.9 Å². The number of ether oxygens (including phenoxy) is 1. The topological polar surface area (TPSA) is 98.7 Å². The molecule has 122 valence electrons. The van der Waals surface area contributed by atoms with Crippen molar-refractivity contribution in [1.82, 2.24) is 14.9 Å². The Hall–Kier alpha value is -2.38. The van der Waals surface area contributed by atoms with Crippen LogP contribution in [0, 0.1) is 0 Å². The van der Waals surface area contributed by atoms with Crippen LogP contribution in [0.1, 0.15) is 11.4 Å². The minimum absolute atomic E-state index is 0.0107. The second-order valence-corrected chi connectivity index (χ2v) is 5.67. The largest absolute Gasteiger partial charge is 0.486 e. The van der Waals surface area contributed by atoms with Gasteiger partial charge in [0.05, 0.1) is 13.0 Å². The number of aliphatic hydroxyl groups excluding tert-OH is 1. The summed E-state index contributed by atoms with van der Waals surface area (Å²) >= 11 is 0. The van der Waals surface area contributed by atoms with Crippen molar-refractivity contribution in [3.8, 4) is 5.75 Å². The lowest BCUT2D eigenvalue weighted by Gasteiger charge is -2.17. The van der Waals surface area contributed by atoms with Crippen molar-refractivity contribution in [2.75, 3.05) is 13.1 Å². The number of aromatic nitrogens is 2. The third-order valence-electron chi connectivity index (χ3n) is 3.81. The zero-order chi connectivity index (χ0) is 16.2. The molecule has 3 rings (SSSR count). The molecule has 0 saturated carbocycles. The third-order valence-corrected chi connectivity index (χ3v) is 3.81. The fourth-order valence-corrected chi connectivity index (χ4v) is 2.71. The number of nitrogens with zero attached hydrogens (tertiary/aromatic N) is 2. The average molecular weight is 317 g/mol. The Morgan fingerprint density at radius 1 is 1.35 bits per heavy atom. The molecule has 23 heavy (non-hydrogen) atoms. The first-order chi connectivity index (χ1) is 11.1. The summed E-state index contributed by atoms with van der Waals surface area (Å²) in [5.74, 6) is 0.623. The minimum atomic E-state index is -0.863. The fourth-order valence-electron chi connectivity index (χ4n) is 2.71. The van der Waals surface area contributed by atoms with Crippen LogP contribution >= 0.6 is 0 Å². The molecule has 1 aliphatic rings. The van der Waals surface area contributed by atoms with Crippen LogP contribution in [0.4, 0.5) is 0 Å². The van der Waals surface area contributed by atoms with Crippen LogP contribution < -0.4 is 4.74 Å². The molecule has 1 aliphatic heterocycles. The standard InChI is InChI=1S/C16H19N3O4/c20-13-8-19(10-15-17-5-6-18-15)9-14(13)23-12-3-1-11(2-4-12)7-16(21)22/h1-6,13-14,20H,7-10H2,(H,17,18)(H,21,22)/t13-,14-/m1/s1. The van der Waals surface area contributed by atoms with Gasteiger partial charge in [0.25, 0.3) is 0 Å². The summed E-state index contributed by atoms with van der Waals surface area (Å²) in [4.78, 5) is 20.0. The van der Waals surface area contributed by atoms with Crippen molar-refractivity contribution in [1.29, 1.82) is 0 Å². The Bertz CT molecular complexity index is 642. The van der Waals surface area contributed by atoms with E-state index in [1.54, 1.807) is 36.7 Å². The quantitative estimate of drug-likeness (QED) is 0.724. The first-order valence-electron chi connectivity index (χ1n) is 7.46. The normalized spacial score (nSPS) is 21.4. The van der Waals surface area contributed by atoms with Gasteiger partial charge in [0.15, 0.2) is 0 Å². The molecule has 3 N–H and O–H groups in total. The number of aliphatic carboxylic acids is 1. The SMILES string of the molecule is O=C(O)Cc1ccc(O[C@@H]2CN(Cc3ncc[nH]3)C[C@H]2O)cc1. The number of hydrogen-bond donors (Lipinski definition) is 3. The molecule has 1 saturated heterocycles. The van der Waals surface area contributed by atoms with Crippen LogP contribution in [0.15, 0.2) is 36.7 Å². The summed E-state index contributed by atoms with van der Waals surface area (Å²) in [5, 5.41) is 18.9. The van der Waals surface area contributed by atoms with Gasteiger partial charge in [-0.2, -0.15) is 0 Å². The lowest BCUT2D eigenvalue weighted by molar-refractivity contribution is -0.136. The zero-order valence-corrected chi connectivity index (χ0v) is 12.6.